The fourth-order valence-corrected chi connectivity index (χ4v) is 4.55. The van der Waals surface area contributed by atoms with E-state index in [0.29, 0.717) is 5.39 Å². The Morgan fingerprint density at radius 1 is 0.690 bits per heavy atom. The number of rotatable bonds is 2. The van der Waals surface area contributed by atoms with E-state index in [1.807, 2.05) is 0 Å². The van der Waals surface area contributed by atoms with E-state index in [-0.39, 0.29) is 16.5 Å². The summed E-state index contributed by atoms with van der Waals surface area (Å²) in [6.45, 7) is 0. The molecule has 2 amide bonds. The van der Waals surface area contributed by atoms with Crippen molar-refractivity contribution >= 4 is 32.6 Å². The SMILES string of the molecule is O=C1c2ccc3ccccc3c2C(=O)N1S(=O)(=O)c1c(F)c(F)c(F)c(F)c1F. The van der Waals surface area contributed by atoms with Crippen LogP contribution in [0.1, 0.15) is 20.7 Å². The van der Waals surface area contributed by atoms with Gasteiger partial charge in [-0.1, -0.05) is 30.3 Å². The first-order valence-corrected chi connectivity index (χ1v) is 9.20. The summed E-state index contributed by atoms with van der Waals surface area (Å²) in [7, 11) is -5.76. The third kappa shape index (κ3) is 2.40. The van der Waals surface area contributed by atoms with Crippen molar-refractivity contribution in [2.45, 2.75) is 4.90 Å². The Labute approximate surface area is 159 Å². The van der Waals surface area contributed by atoms with Gasteiger partial charge < -0.3 is 0 Å². The summed E-state index contributed by atoms with van der Waals surface area (Å²) in [5.41, 5.74) is -0.748. The Bertz CT molecular complexity index is 1340. The van der Waals surface area contributed by atoms with Crippen LogP contribution in [0.5, 0.6) is 0 Å². The number of fused-ring (bicyclic) bond motifs is 3. The van der Waals surface area contributed by atoms with Gasteiger partial charge in [-0.3, -0.25) is 9.59 Å². The van der Waals surface area contributed by atoms with Crippen LogP contribution in [0, 0.1) is 29.1 Å². The molecule has 3 aromatic rings. The lowest BCUT2D eigenvalue weighted by atomic mass is 10.0. The van der Waals surface area contributed by atoms with E-state index in [1.165, 1.54) is 18.2 Å². The van der Waals surface area contributed by atoms with Gasteiger partial charge in [0.15, 0.2) is 28.2 Å². The first-order valence-electron chi connectivity index (χ1n) is 7.76. The van der Waals surface area contributed by atoms with Gasteiger partial charge in [0.1, 0.15) is 0 Å². The molecule has 4 rings (SSSR count). The van der Waals surface area contributed by atoms with Crippen LogP contribution in [0.25, 0.3) is 10.8 Å². The standard InChI is InChI=1S/C18H6F5NO4S/c19-11-12(20)14(22)16(15(23)13(11)21)29(27,28)24-17(25)9-6-5-7-3-1-2-4-8(7)10(9)18(24)26/h1-6H. The molecule has 0 N–H and O–H groups in total. The molecule has 0 spiro atoms. The molecule has 0 atom stereocenters. The smallest absolute Gasteiger partial charge is 0.267 e. The first-order chi connectivity index (χ1) is 13.6. The van der Waals surface area contributed by atoms with Gasteiger partial charge in [-0.15, -0.1) is 0 Å². The van der Waals surface area contributed by atoms with Crippen molar-refractivity contribution in [3.63, 3.8) is 0 Å². The second kappa shape index (κ2) is 6.08. The number of nitrogens with zero attached hydrogens (tertiary/aromatic N) is 1. The Morgan fingerprint density at radius 3 is 1.86 bits per heavy atom. The maximum Gasteiger partial charge on any atom is 0.279 e. The number of benzene rings is 3. The summed E-state index contributed by atoms with van der Waals surface area (Å²) in [6.07, 6.45) is 0. The maximum atomic E-state index is 14.0. The van der Waals surface area contributed by atoms with Crippen LogP contribution < -0.4 is 0 Å². The van der Waals surface area contributed by atoms with Crippen LogP contribution in [0.3, 0.4) is 0 Å². The van der Waals surface area contributed by atoms with Crippen LogP contribution in [-0.4, -0.2) is 24.5 Å². The summed E-state index contributed by atoms with van der Waals surface area (Å²) in [4.78, 5) is 23.0. The van der Waals surface area contributed by atoms with Crippen molar-refractivity contribution in [1.29, 1.82) is 0 Å². The summed E-state index contributed by atoms with van der Waals surface area (Å²) < 4.78 is 93.1. The number of imide groups is 1. The van der Waals surface area contributed by atoms with E-state index in [1.54, 1.807) is 12.1 Å². The average Bonchev–Trinajstić information content (AvgIpc) is 2.96. The summed E-state index contributed by atoms with van der Waals surface area (Å²) >= 11 is 0. The fraction of sp³-hybridized carbons (Fsp3) is 0. The molecule has 1 aliphatic rings. The third-order valence-corrected chi connectivity index (χ3v) is 6.10. The number of carbonyl (C=O) groups excluding carboxylic acids is 2. The van der Waals surface area contributed by atoms with Crippen LogP contribution in [0.2, 0.25) is 0 Å². The maximum absolute atomic E-state index is 14.0. The van der Waals surface area contributed by atoms with E-state index in [9.17, 15) is 40.0 Å². The van der Waals surface area contributed by atoms with E-state index in [2.05, 4.69) is 0 Å². The van der Waals surface area contributed by atoms with Gasteiger partial charge in [0.05, 0.1) is 11.1 Å². The highest BCUT2D eigenvalue weighted by atomic mass is 32.2. The average molecular weight is 427 g/mol. The topological polar surface area (TPSA) is 71.5 Å². The number of halogens is 5. The minimum atomic E-state index is -5.76. The lowest BCUT2D eigenvalue weighted by Crippen LogP contribution is -2.37. The first kappa shape index (κ1) is 19.0. The number of amides is 2. The van der Waals surface area contributed by atoms with Crippen molar-refractivity contribution in [3.05, 3.63) is 76.6 Å². The van der Waals surface area contributed by atoms with E-state index in [0.717, 1.165) is 6.07 Å². The molecule has 0 fully saturated rings. The van der Waals surface area contributed by atoms with Gasteiger partial charge in [-0.25, -0.2) is 30.4 Å². The molecule has 0 saturated heterocycles. The van der Waals surface area contributed by atoms with Crippen LogP contribution in [-0.2, 0) is 10.0 Å². The molecule has 148 valence electrons. The highest BCUT2D eigenvalue weighted by Crippen LogP contribution is 2.36. The quantitative estimate of drug-likeness (QED) is 0.272. The fourth-order valence-electron chi connectivity index (χ4n) is 3.10. The predicted octanol–water partition coefficient (Wildman–Crippen LogP) is 3.52. The molecule has 3 aromatic carbocycles. The molecule has 0 bridgehead atoms. The normalized spacial score (nSPS) is 14.0. The highest BCUT2D eigenvalue weighted by molar-refractivity contribution is 7.90. The zero-order valence-corrected chi connectivity index (χ0v) is 14.7. The lowest BCUT2D eigenvalue weighted by molar-refractivity contribution is 0.0765. The molecule has 0 unspecified atom stereocenters. The second-order valence-electron chi connectivity index (χ2n) is 5.99. The van der Waals surface area contributed by atoms with E-state index < -0.39 is 60.1 Å². The minimum absolute atomic E-state index is 0.179. The van der Waals surface area contributed by atoms with E-state index in [4.69, 9.17) is 0 Å². The van der Waals surface area contributed by atoms with Crippen LogP contribution in [0.15, 0.2) is 41.3 Å². The third-order valence-electron chi connectivity index (χ3n) is 4.41. The summed E-state index contributed by atoms with van der Waals surface area (Å²) in [5.74, 6) is -15.9. The number of carbonyl (C=O) groups is 2. The second-order valence-corrected chi connectivity index (χ2v) is 7.71. The molecule has 11 heteroatoms. The van der Waals surface area contributed by atoms with Crippen molar-refractivity contribution in [3.8, 4) is 0 Å². The Hall–Kier alpha value is -3.34. The molecular formula is C18H6F5NO4S. The molecule has 0 radical (unpaired) electrons. The largest absolute Gasteiger partial charge is 0.279 e. The van der Waals surface area contributed by atoms with Gasteiger partial charge in [-0.2, -0.15) is 4.31 Å². The molecule has 0 saturated carbocycles. The number of sulfonamides is 1. The van der Waals surface area contributed by atoms with Crippen molar-refractivity contribution in [2.24, 2.45) is 0 Å². The van der Waals surface area contributed by atoms with Crippen molar-refractivity contribution < 1.29 is 40.0 Å². The van der Waals surface area contributed by atoms with Gasteiger partial charge >= 0.3 is 0 Å². The van der Waals surface area contributed by atoms with E-state index >= 15 is 0 Å². The zero-order valence-electron chi connectivity index (χ0n) is 13.8. The van der Waals surface area contributed by atoms with Gasteiger partial charge in [0.2, 0.25) is 5.82 Å². The number of hydrogen-bond acceptors (Lipinski definition) is 4. The van der Waals surface area contributed by atoms with Crippen LogP contribution >= 0.6 is 0 Å². The molecule has 1 heterocycles. The predicted molar refractivity (Wildman–Crippen MR) is 87.9 cm³/mol. The van der Waals surface area contributed by atoms with Gasteiger partial charge in [-0.05, 0) is 16.8 Å². The highest BCUT2D eigenvalue weighted by Gasteiger charge is 2.48. The Morgan fingerprint density at radius 2 is 1.24 bits per heavy atom. The Kier molecular flexibility index (Phi) is 3.98. The monoisotopic (exact) mass is 427 g/mol. The molecule has 0 aliphatic carbocycles. The van der Waals surface area contributed by atoms with Gasteiger partial charge in [0, 0.05) is 0 Å². The van der Waals surface area contributed by atoms with Crippen molar-refractivity contribution in [1.82, 2.24) is 4.31 Å². The number of hydrogen-bond donors (Lipinski definition) is 0. The molecule has 5 nitrogen and oxygen atoms in total. The molecule has 29 heavy (non-hydrogen) atoms. The zero-order chi connectivity index (χ0) is 21.2. The van der Waals surface area contributed by atoms with Crippen molar-refractivity contribution in [2.75, 3.05) is 0 Å². The summed E-state index contributed by atoms with van der Waals surface area (Å²) in [5, 5.41) is 0.640. The lowest BCUT2D eigenvalue weighted by Gasteiger charge is -2.16. The van der Waals surface area contributed by atoms with Crippen LogP contribution in [0.4, 0.5) is 22.0 Å². The van der Waals surface area contributed by atoms with Gasteiger partial charge in [0.25, 0.3) is 21.8 Å². The Balaban J connectivity index is 1.98. The molecular weight excluding hydrogens is 421 g/mol. The minimum Gasteiger partial charge on any atom is -0.267 e. The molecule has 0 aromatic heterocycles. The summed E-state index contributed by atoms with van der Waals surface area (Å²) in [6, 6.07) is 8.63. The molecule has 1 aliphatic heterocycles.